The average Bonchev–Trinajstić information content (AvgIpc) is 3.28. The van der Waals surface area contributed by atoms with Gasteiger partial charge in [0.1, 0.15) is 0 Å². The Morgan fingerprint density at radius 1 is 1.16 bits per heavy atom. The number of anilines is 1. The zero-order valence-electron chi connectivity index (χ0n) is 18.3. The summed E-state index contributed by atoms with van der Waals surface area (Å²) >= 11 is 1.70. The van der Waals surface area contributed by atoms with Crippen LogP contribution in [0.5, 0.6) is 0 Å². The standard InChI is InChI=1S/C24H32N4O2S/c1-3-11-27(17-21-9-7-16-31-21)19-24(30)28-14-12-26(13-15-28)18-23(29)25-22-10-6-5-8-20(22)4-2/h3,5-10,16H,1,4,11-15,17-19H2,2H3,(H,25,29). The van der Waals surface area contributed by atoms with Crippen molar-refractivity contribution >= 4 is 28.8 Å². The minimum atomic E-state index is -0.00576. The summed E-state index contributed by atoms with van der Waals surface area (Å²) in [5.74, 6) is 0.133. The number of thiophene rings is 1. The molecule has 3 rings (SSSR count). The predicted octanol–water partition coefficient (Wildman–Crippen LogP) is 3.08. The molecule has 6 nitrogen and oxygen atoms in total. The second-order valence-corrected chi connectivity index (χ2v) is 8.79. The summed E-state index contributed by atoms with van der Waals surface area (Å²) in [5, 5.41) is 5.08. The zero-order chi connectivity index (χ0) is 22.1. The number of aryl methyl sites for hydroxylation is 1. The smallest absolute Gasteiger partial charge is 0.238 e. The van der Waals surface area contributed by atoms with Crippen molar-refractivity contribution in [2.45, 2.75) is 19.9 Å². The summed E-state index contributed by atoms with van der Waals surface area (Å²) < 4.78 is 0. The molecular formula is C24H32N4O2S. The molecule has 2 heterocycles. The fourth-order valence-electron chi connectivity index (χ4n) is 3.78. The lowest BCUT2D eigenvalue weighted by molar-refractivity contribution is -0.134. The molecule has 0 unspecified atom stereocenters. The maximum atomic E-state index is 12.8. The molecule has 2 amide bonds. The van der Waals surface area contributed by atoms with Gasteiger partial charge in [0.05, 0.1) is 13.1 Å². The van der Waals surface area contributed by atoms with Gasteiger partial charge in [-0.05, 0) is 29.5 Å². The number of para-hydroxylation sites is 1. The van der Waals surface area contributed by atoms with Crippen molar-refractivity contribution < 1.29 is 9.59 Å². The quantitative estimate of drug-likeness (QED) is 0.577. The van der Waals surface area contributed by atoms with Gasteiger partial charge in [0, 0.05) is 49.8 Å². The summed E-state index contributed by atoms with van der Waals surface area (Å²) in [6, 6.07) is 12.0. The van der Waals surface area contributed by atoms with Crippen molar-refractivity contribution in [2.24, 2.45) is 0 Å². The van der Waals surface area contributed by atoms with Crippen molar-refractivity contribution in [3.63, 3.8) is 0 Å². The summed E-state index contributed by atoms with van der Waals surface area (Å²) in [5.41, 5.74) is 2.02. The van der Waals surface area contributed by atoms with Crippen LogP contribution < -0.4 is 5.32 Å². The van der Waals surface area contributed by atoms with Crippen LogP contribution in [0.4, 0.5) is 5.69 Å². The molecule has 0 spiro atoms. The number of hydrogen-bond acceptors (Lipinski definition) is 5. The number of nitrogens with zero attached hydrogens (tertiary/aromatic N) is 3. The highest BCUT2D eigenvalue weighted by Gasteiger charge is 2.24. The van der Waals surface area contributed by atoms with Gasteiger partial charge in [-0.1, -0.05) is 37.3 Å². The first-order valence-electron chi connectivity index (χ1n) is 10.8. The monoisotopic (exact) mass is 440 g/mol. The summed E-state index contributed by atoms with van der Waals surface area (Å²) in [4.78, 5) is 32.7. The van der Waals surface area contributed by atoms with E-state index in [2.05, 4.69) is 40.1 Å². The van der Waals surface area contributed by atoms with Gasteiger partial charge >= 0.3 is 0 Å². The van der Waals surface area contributed by atoms with Crippen molar-refractivity contribution in [3.05, 3.63) is 64.9 Å². The van der Waals surface area contributed by atoms with Crippen LogP contribution in [0.1, 0.15) is 17.4 Å². The highest BCUT2D eigenvalue weighted by Crippen LogP contribution is 2.16. The van der Waals surface area contributed by atoms with Gasteiger partial charge in [-0.25, -0.2) is 0 Å². The largest absolute Gasteiger partial charge is 0.339 e. The molecule has 1 aromatic carbocycles. The predicted molar refractivity (Wildman–Crippen MR) is 127 cm³/mol. The van der Waals surface area contributed by atoms with E-state index in [1.54, 1.807) is 11.3 Å². The molecule has 0 aliphatic carbocycles. The van der Waals surface area contributed by atoms with Crippen LogP contribution in [-0.2, 0) is 22.6 Å². The molecule has 0 saturated carbocycles. The Morgan fingerprint density at radius 2 is 1.94 bits per heavy atom. The van der Waals surface area contributed by atoms with Gasteiger partial charge in [-0.15, -0.1) is 17.9 Å². The van der Waals surface area contributed by atoms with Gasteiger partial charge < -0.3 is 10.2 Å². The molecule has 31 heavy (non-hydrogen) atoms. The SMILES string of the molecule is C=CCN(CC(=O)N1CCN(CC(=O)Nc2ccccc2CC)CC1)Cc1cccs1. The molecule has 0 atom stereocenters. The number of carbonyl (C=O) groups is 2. The Bertz CT molecular complexity index is 860. The second-order valence-electron chi connectivity index (χ2n) is 7.75. The Balaban J connectivity index is 1.44. The maximum absolute atomic E-state index is 12.8. The molecule has 166 valence electrons. The van der Waals surface area contributed by atoms with Gasteiger partial charge in [0.2, 0.25) is 11.8 Å². The molecule has 1 fully saturated rings. The van der Waals surface area contributed by atoms with Crippen LogP contribution in [0, 0.1) is 0 Å². The van der Waals surface area contributed by atoms with Gasteiger partial charge in [0.25, 0.3) is 0 Å². The molecule has 1 aliphatic heterocycles. The maximum Gasteiger partial charge on any atom is 0.238 e. The normalized spacial score (nSPS) is 14.6. The lowest BCUT2D eigenvalue weighted by Crippen LogP contribution is -2.52. The summed E-state index contributed by atoms with van der Waals surface area (Å²) in [6.07, 6.45) is 2.72. The molecule has 2 aromatic rings. The van der Waals surface area contributed by atoms with Crippen LogP contribution in [-0.4, -0.2) is 72.3 Å². The highest BCUT2D eigenvalue weighted by atomic mass is 32.1. The van der Waals surface area contributed by atoms with E-state index in [-0.39, 0.29) is 11.8 Å². The molecule has 1 N–H and O–H groups in total. The van der Waals surface area contributed by atoms with Crippen LogP contribution >= 0.6 is 11.3 Å². The number of hydrogen-bond donors (Lipinski definition) is 1. The van der Waals surface area contributed by atoms with Crippen molar-refractivity contribution in [1.29, 1.82) is 0 Å². The van der Waals surface area contributed by atoms with E-state index >= 15 is 0 Å². The number of amides is 2. The Kier molecular flexibility index (Phi) is 8.82. The van der Waals surface area contributed by atoms with Crippen molar-refractivity contribution in [3.8, 4) is 0 Å². The van der Waals surface area contributed by atoms with Crippen molar-refractivity contribution in [2.75, 3.05) is 51.1 Å². The lowest BCUT2D eigenvalue weighted by atomic mass is 10.1. The minimum absolute atomic E-state index is 0.00576. The average molecular weight is 441 g/mol. The molecule has 7 heteroatoms. The van der Waals surface area contributed by atoms with E-state index in [1.165, 1.54) is 4.88 Å². The topological polar surface area (TPSA) is 55.9 Å². The molecule has 1 saturated heterocycles. The third-order valence-corrected chi connectivity index (χ3v) is 6.33. The molecule has 0 bridgehead atoms. The molecular weight excluding hydrogens is 408 g/mol. The number of carbonyl (C=O) groups excluding carboxylic acids is 2. The third-order valence-electron chi connectivity index (χ3n) is 5.47. The van der Waals surface area contributed by atoms with Crippen LogP contribution in [0.25, 0.3) is 0 Å². The highest BCUT2D eigenvalue weighted by molar-refractivity contribution is 7.09. The summed E-state index contributed by atoms with van der Waals surface area (Å²) in [7, 11) is 0. The fourth-order valence-corrected chi connectivity index (χ4v) is 4.53. The van der Waals surface area contributed by atoms with Gasteiger partial charge in [-0.3, -0.25) is 19.4 Å². The van der Waals surface area contributed by atoms with Crippen LogP contribution in [0.3, 0.4) is 0 Å². The lowest BCUT2D eigenvalue weighted by Gasteiger charge is -2.35. The van der Waals surface area contributed by atoms with Gasteiger partial charge in [-0.2, -0.15) is 0 Å². The van der Waals surface area contributed by atoms with Crippen LogP contribution in [0.2, 0.25) is 0 Å². The number of rotatable bonds is 10. The Morgan fingerprint density at radius 3 is 2.61 bits per heavy atom. The number of piperazine rings is 1. The van der Waals surface area contributed by atoms with Gasteiger partial charge in [0.15, 0.2) is 0 Å². The second kappa shape index (κ2) is 11.8. The van der Waals surface area contributed by atoms with Crippen LogP contribution in [0.15, 0.2) is 54.4 Å². The molecule has 1 aliphatic rings. The van der Waals surface area contributed by atoms with E-state index < -0.39 is 0 Å². The zero-order valence-corrected chi connectivity index (χ0v) is 19.1. The van der Waals surface area contributed by atoms with E-state index in [4.69, 9.17) is 0 Å². The fraction of sp³-hybridized carbons (Fsp3) is 0.417. The third kappa shape index (κ3) is 7.02. The first kappa shape index (κ1) is 23.2. The Hall–Kier alpha value is -2.48. The number of benzene rings is 1. The first-order chi connectivity index (χ1) is 15.1. The molecule has 0 radical (unpaired) electrons. The summed E-state index contributed by atoms with van der Waals surface area (Å²) in [6.45, 7) is 10.8. The molecule has 1 aromatic heterocycles. The minimum Gasteiger partial charge on any atom is -0.339 e. The van der Waals surface area contributed by atoms with E-state index in [0.717, 1.165) is 24.2 Å². The number of nitrogens with one attached hydrogen (secondary N) is 1. The van der Waals surface area contributed by atoms with E-state index in [1.807, 2.05) is 41.3 Å². The Labute approximate surface area is 189 Å². The van der Waals surface area contributed by atoms with E-state index in [9.17, 15) is 9.59 Å². The first-order valence-corrected chi connectivity index (χ1v) is 11.7. The van der Waals surface area contributed by atoms with E-state index in [0.29, 0.717) is 45.8 Å². The van der Waals surface area contributed by atoms with Crippen molar-refractivity contribution in [1.82, 2.24) is 14.7 Å².